The molecule has 0 spiro atoms. The van der Waals surface area contributed by atoms with Crippen molar-refractivity contribution in [3.8, 4) is 11.1 Å². The smallest absolute Gasteiger partial charge is 0.254 e. The van der Waals surface area contributed by atoms with E-state index in [4.69, 9.17) is 4.42 Å². The number of furan rings is 1. The predicted octanol–water partition coefficient (Wildman–Crippen LogP) is 2.99. The molecular formula is C18H17FN2O4S. The maximum Gasteiger partial charge on any atom is 0.254 e. The SMILES string of the molecule is CNC(=O)c1coc2cc(N(C)S(C)(=O)=O)c(-c3ccc(F)cc3)cc12. The van der Waals surface area contributed by atoms with Gasteiger partial charge in [0.25, 0.3) is 5.91 Å². The number of hydrogen-bond donors (Lipinski definition) is 1. The summed E-state index contributed by atoms with van der Waals surface area (Å²) in [6, 6.07) is 8.91. The summed E-state index contributed by atoms with van der Waals surface area (Å²) in [4.78, 5) is 12.0. The molecule has 0 aliphatic heterocycles. The predicted molar refractivity (Wildman–Crippen MR) is 98.2 cm³/mol. The van der Waals surface area contributed by atoms with Crippen molar-refractivity contribution in [2.45, 2.75) is 0 Å². The average Bonchev–Trinajstić information content (AvgIpc) is 3.02. The van der Waals surface area contributed by atoms with Crippen LogP contribution in [-0.4, -0.2) is 34.7 Å². The average molecular weight is 376 g/mol. The number of sulfonamides is 1. The molecule has 0 aliphatic carbocycles. The summed E-state index contributed by atoms with van der Waals surface area (Å²) in [5.74, 6) is -0.722. The van der Waals surface area contributed by atoms with Crippen LogP contribution in [0.15, 0.2) is 47.1 Å². The number of carbonyl (C=O) groups is 1. The van der Waals surface area contributed by atoms with Crippen molar-refractivity contribution in [2.75, 3.05) is 24.7 Å². The molecule has 3 aromatic rings. The van der Waals surface area contributed by atoms with Gasteiger partial charge in [-0.15, -0.1) is 0 Å². The molecule has 0 bridgehead atoms. The first-order valence-corrected chi connectivity index (χ1v) is 9.54. The third-order valence-electron chi connectivity index (χ3n) is 4.16. The van der Waals surface area contributed by atoms with Crippen molar-refractivity contribution in [3.63, 3.8) is 0 Å². The first-order chi connectivity index (χ1) is 12.2. The second-order valence-corrected chi connectivity index (χ2v) is 7.85. The quantitative estimate of drug-likeness (QED) is 0.759. The summed E-state index contributed by atoms with van der Waals surface area (Å²) in [6.45, 7) is 0. The highest BCUT2D eigenvalue weighted by molar-refractivity contribution is 7.92. The molecule has 0 atom stereocenters. The maximum atomic E-state index is 13.3. The highest BCUT2D eigenvalue weighted by Gasteiger charge is 2.21. The largest absolute Gasteiger partial charge is 0.463 e. The Kier molecular flexibility index (Phi) is 4.45. The van der Waals surface area contributed by atoms with Crippen molar-refractivity contribution in [1.29, 1.82) is 0 Å². The van der Waals surface area contributed by atoms with Crippen LogP contribution in [0.4, 0.5) is 10.1 Å². The van der Waals surface area contributed by atoms with Gasteiger partial charge in [-0.25, -0.2) is 12.8 Å². The Morgan fingerprint density at radius 1 is 1.19 bits per heavy atom. The van der Waals surface area contributed by atoms with Gasteiger partial charge in [0.1, 0.15) is 17.7 Å². The lowest BCUT2D eigenvalue weighted by atomic mass is 10.00. The molecule has 1 amide bonds. The minimum Gasteiger partial charge on any atom is -0.463 e. The van der Waals surface area contributed by atoms with Gasteiger partial charge >= 0.3 is 0 Å². The third kappa shape index (κ3) is 3.15. The summed E-state index contributed by atoms with van der Waals surface area (Å²) in [5, 5.41) is 3.07. The molecule has 1 heterocycles. The number of anilines is 1. The number of nitrogens with zero attached hydrogens (tertiary/aromatic N) is 1. The molecule has 8 heteroatoms. The van der Waals surface area contributed by atoms with Crippen molar-refractivity contribution in [2.24, 2.45) is 0 Å². The van der Waals surface area contributed by atoms with Crippen LogP contribution < -0.4 is 9.62 Å². The molecule has 1 aromatic heterocycles. The van der Waals surface area contributed by atoms with Crippen LogP contribution in [0.2, 0.25) is 0 Å². The van der Waals surface area contributed by atoms with Crippen molar-refractivity contribution in [3.05, 3.63) is 54.0 Å². The van der Waals surface area contributed by atoms with Crippen molar-refractivity contribution in [1.82, 2.24) is 5.32 Å². The summed E-state index contributed by atoms with van der Waals surface area (Å²) >= 11 is 0. The topological polar surface area (TPSA) is 79.6 Å². The fraction of sp³-hybridized carbons (Fsp3) is 0.167. The van der Waals surface area contributed by atoms with E-state index in [2.05, 4.69) is 5.32 Å². The van der Waals surface area contributed by atoms with Crippen molar-refractivity contribution < 1.29 is 22.0 Å². The Hall–Kier alpha value is -2.87. The molecule has 0 radical (unpaired) electrons. The van der Waals surface area contributed by atoms with E-state index in [-0.39, 0.29) is 5.91 Å². The molecule has 6 nitrogen and oxygen atoms in total. The van der Waals surface area contributed by atoms with Gasteiger partial charge in [-0.3, -0.25) is 9.10 Å². The van der Waals surface area contributed by atoms with E-state index in [0.29, 0.717) is 33.3 Å². The van der Waals surface area contributed by atoms with Crippen LogP contribution in [0.3, 0.4) is 0 Å². The van der Waals surface area contributed by atoms with E-state index >= 15 is 0 Å². The fourth-order valence-electron chi connectivity index (χ4n) is 2.67. The lowest BCUT2D eigenvalue weighted by Crippen LogP contribution is -2.25. The van der Waals surface area contributed by atoms with E-state index in [1.165, 1.54) is 32.5 Å². The fourth-order valence-corrected chi connectivity index (χ4v) is 3.18. The van der Waals surface area contributed by atoms with Crippen LogP contribution in [0, 0.1) is 5.82 Å². The molecule has 3 rings (SSSR count). The molecule has 136 valence electrons. The highest BCUT2D eigenvalue weighted by atomic mass is 32.2. The number of halogens is 1. The number of carbonyl (C=O) groups excluding carboxylic acids is 1. The first kappa shape index (κ1) is 17.9. The van der Waals surface area contributed by atoms with Gasteiger partial charge in [0.2, 0.25) is 10.0 Å². The second kappa shape index (κ2) is 6.45. The Morgan fingerprint density at radius 3 is 2.42 bits per heavy atom. The molecule has 0 aliphatic rings. The number of nitrogens with one attached hydrogen (secondary N) is 1. The number of benzene rings is 2. The molecule has 0 fully saturated rings. The molecule has 1 N–H and O–H groups in total. The normalized spacial score (nSPS) is 11.5. The van der Waals surface area contributed by atoms with Gasteiger partial charge in [0.05, 0.1) is 17.5 Å². The summed E-state index contributed by atoms with van der Waals surface area (Å²) in [6.07, 6.45) is 2.41. The van der Waals surface area contributed by atoms with Gasteiger partial charge in [-0.05, 0) is 23.8 Å². The van der Waals surface area contributed by atoms with Crippen LogP contribution >= 0.6 is 0 Å². The Bertz CT molecular complexity index is 1090. The van der Waals surface area contributed by atoms with Gasteiger partial charge in [0, 0.05) is 31.1 Å². The number of rotatable bonds is 4. The van der Waals surface area contributed by atoms with Crippen molar-refractivity contribution >= 4 is 32.6 Å². The Labute approximate surface area is 150 Å². The lowest BCUT2D eigenvalue weighted by molar-refractivity contribution is 0.0964. The van der Waals surface area contributed by atoms with Gasteiger partial charge in [-0.2, -0.15) is 0 Å². The zero-order chi connectivity index (χ0) is 19.1. The minimum atomic E-state index is -3.54. The standard InChI is InChI=1S/C18H17FN2O4S/c1-20-18(22)15-10-25-17-9-16(21(2)26(3,23)24)13(8-14(15)17)11-4-6-12(19)7-5-11/h4-10H,1-3H3,(H,20,22). The lowest BCUT2D eigenvalue weighted by Gasteiger charge is -2.20. The van der Waals surface area contributed by atoms with Gasteiger partial charge in [-0.1, -0.05) is 12.1 Å². The first-order valence-electron chi connectivity index (χ1n) is 7.69. The minimum absolute atomic E-state index is 0.321. The van der Waals surface area contributed by atoms with E-state index in [0.717, 1.165) is 10.6 Å². The molecule has 0 unspecified atom stereocenters. The van der Waals surface area contributed by atoms with E-state index in [1.54, 1.807) is 24.3 Å². The van der Waals surface area contributed by atoms with E-state index in [1.807, 2.05) is 0 Å². The maximum absolute atomic E-state index is 13.3. The molecule has 26 heavy (non-hydrogen) atoms. The van der Waals surface area contributed by atoms with E-state index in [9.17, 15) is 17.6 Å². The third-order valence-corrected chi connectivity index (χ3v) is 5.35. The van der Waals surface area contributed by atoms with Gasteiger partial charge < -0.3 is 9.73 Å². The summed E-state index contributed by atoms with van der Waals surface area (Å²) in [5.41, 5.74) is 2.23. The monoisotopic (exact) mass is 376 g/mol. The zero-order valence-corrected chi connectivity index (χ0v) is 15.2. The Balaban J connectivity index is 2.32. The summed E-state index contributed by atoms with van der Waals surface area (Å²) < 4.78 is 43.9. The molecule has 2 aromatic carbocycles. The molecule has 0 saturated heterocycles. The molecular weight excluding hydrogens is 359 g/mol. The number of hydrogen-bond acceptors (Lipinski definition) is 4. The Morgan fingerprint density at radius 2 is 1.85 bits per heavy atom. The number of amides is 1. The number of fused-ring (bicyclic) bond motifs is 1. The van der Waals surface area contributed by atoms with Crippen LogP contribution in [0.1, 0.15) is 10.4 Å². The highest BCUT2D eigenvalue weighted by Crippen LogP contribution is 2.37. The van der Waals surface area contributed by atoms with Gasteiger partial charge in [0.15, 0.2) is 0 Å². The van der Waals surface area contributed by atoms with Crippen LogP contribution in [0.5, 0.6) is 0 Å². The van der Waals surface area contributed by atoms with E-state index < -0.39 is 15.8 Å². The summed E-state index contributed by atoms with van der Waals surface area (Å²) in [7, 11) is -0.609. The molecule has 0 saturated carbocycles. The van der Waals surface area contributed by atoms with Crippen LogP contribution in [-0.2, 0) is 10.0 Å². The zero-order valence-electron chi connectivity index (χ0n) is 14.4. The second-order valence-electron chi connectivity index (χ2n) is 5.83. The van der Waals surface area contributed by atoms with Crippen LogP contribution in [0.25, 0.3) is 22.1 Å².